The molecule has 0 radical (unpaired) electrons. The summed E-state index contributed by atoms with van der Waals surface area (Å²) >= 11 is 0. The highest BCUT2D eigenvalue weighted by molar-refractivity contribution is 6.02. The van der Waals surface area contributed by atoms with Gasteiger partial charge in [0.05, 0.1) is 14.2 Å². The van der Waals surface area contributed by atoms with Crippen LogP contribution < -0.4 is 14.8 Å². The second kappa shape index (κ2) is 7.65. The summed E-state index contributed by atoms with van der Waals surface area (Å²) in [5.74, 6) is 2.05. The minimum absolute atomic E-state index is 0.135. The van der Waals surface area contributed by atoms with Crippen LogP contribution >= 0.6 is 0 Å². The maximum Gasteiger partial charge on any atom is 0.291 e. The number of anilines is 1. The third-order valence-corrected chi connectivity index (χ3v) is 3.86. The number of hydrogen-bond donors (Lipinski definition) is 2. The summed E-state index contributed by atoms with van der Waals surface area (Å²) in [4.78, 5) is 12.3. The molecule has 6 nitrogen and oxygen atoms in total. The molecular weight excluding hydrogens is 334 g/mol. The smallest absolute Gasteiger partial charge is 0.291 e. The SMILES string of the molecule is COc1ccc(OC)c(Cc2ccc(C(=O)Nc3ccc(O)cc3)o2)c1. The number of benzene rings is 2. The molecule has 0 atom stereocenters. The van der Waals surface area contributed by atoms with Gasteiger partial charge in [0.1, 0.15) is 23.0 Å². The Kier molecular flexibility index (Phi) is 5.12. The maximum atomic E-state index is 12.3. The fourth-order valence-electron chi connectivity index (χ4n) is 2.54. The van der Waals surface area contributed by atoms with Crippen molar-refractivity contribution in [3.8, 4) is 17.2 Å². The Hall–Kier alpha value is -3.41. The number of carbonyl (C=O) groups is 1. The van der Waals surface area contributed by atoms with E-state index in [4.69, 9.17) is 13.9 Å². The molecule has 1 amide bonds. The number of carbonyl (C=O) groups excluding carboxylic acids is 1. The predicted octanol–water partition coefficient (Wildman–Crippen LogP) is 3.85. The van der Waals surface area contributed by atoms with Crippen molar-refractivity contribution in [2.45, 2.75) is 6.42 Å². The van der Waals surface area contributed by atoms with Crippen LogP contribution in [0.3, 0.4) is 0 Å². The molecule has 0 aliphatic carbocycles. The number of amides is 1. The second-order valence-electron chi connectivity index (χ2n) is 5.62. The number of rotatable bonds is 6. The van der Waals surface area contributed by atoms with Crippen molar-refractivity contribution >= 4 is 11.6 Å². The summed E-state index contributed by atoms with van der Waals surface area (Å²) in [5.41, 5.74) is 1.46. The largest absolute Gasteiger partial charge is 0.508 e. The van der Waals surface area contributed by atoms with Crippen molar-refractivity contribution in [2.24, 2.45) is 0 Å². The molecule has 26 heavy (non-hydrogen) atoms. The van der Waals surface area contributed by atoms with E-state index in [9.17, 15) is 9.90 Å². The van der Waals surface area contributed by atoms with E-state index in [0.29, 0.717) is 17.9 Å². The topological polar surface area (TPSA) is 80.9 Å². The van der Waals surface area contributed by atoms with E-state index in [1.807, 2.05) is 18.2 Å². The Morgan fingerprint density at radius 2 is 1.81 bits per heavy atom. The first-order valence-electron chi connectivity index (χ1n) is 7.99. The van der Waals surface area contributed by atoms with Crippen molar-refractivity contribution in [3.05, 3.63) is 71.7 Å². The van der Waals surface area contributed by atoms with Gasteiger partial charge in [-0.3, -0.25) is 4.79 Å². The van der Waals surface area contributed by atoms with E-state index in [2.05, 4.69) is 5.32 Å². The van der Waals surface area contributed by atoms with E-state index in [1.165, 1.54) is 12.1 Å². The van der Waals surface area contributed by atoms with Gasteiger partial charge in [-0.05, 0) is 54.6 Å². The maximum absolute atomic E-state index is 12.3. The summed E-state index contributed by atoms with van der Waals surface area (Å²) in [6.45, 7) is 0. The Morgan fingerprint density at radius 3 is 2.50 bits per heavy atom. The number of furan rings is 1. The lowest BCUT2D eigenvalue weighted by molar-refractivity contribution is 0.0995. The number of nitrogens with one attached hydrogen (secondary N) is 1. The molecule has 134 valence electrons. The van der Waals surface area contributed by atoms with Crippen LogP contribution in [0.4, 0.5) is 5.69 Å². The zero-order valence-corrected chi connectivity index (χ0v) is 14.5. The minimum Gasteiger partial charge on any atom is -0.508 e. The van der Waals surface area contributed by atoms with Gasteiger partial charge >= 0.3 is 0 Å². The lowest BCUT2D eigenvalue weighted by Crippen LogP contribution is -2.10. The Bertz CT molecular complexity index is 899. The molecule has 0 spiro atoms. The summed E-state index contributed by atoms with van der Waals surface area (Å²) in [5, 5.41) is 12.0. The number of hydrogen-bond acceptors (Lipinski definition) is 5. The first-order chi connectivity index (χ1) is 12.6. The zero-order chi connectivity index (χ0) is 18.5. The highest BCUT2D eigenvalue weighted by Gasteiger charge is 2.14. The van der Waals surface area contributed by atoms with Gasteiger partial charge in [0, 0.05) is 17.7 Å². The number of ether oxygens (including phenoxy) is 2. The van der Waals surface area contributed by atoms with Gasteiger partial charge < -0.3 is 24.3 Å². The summed E-state index contributed by atoms with van der Waals surface area (Å²) in [7, 11) is 3.20. The van der Waals surface area contributed by atoms with Gasteiger partial charge in [-0.1, -0.05) is 0 Å². The molecule has 1 aromatic heterocycles. The van der Waals surface area contributed by atoms with E-state index >= 15 is 0 Å². The van der Waals surface area contributed by atoms with E-state index in [0.717, 1.165) is 17.1 Å². The summed E-state index contributed by atoms with van der Waals surface area (Å²) in [6.07, 6.45) is 0.465. The molecule has 6 heteroatoms. The fraction of sp³-hybridized carbons (Fsp3) is 0.150. The first-order valence-corrected chi connectivity index (χ1v) is 7.99. The van der Waals surface area contributed by atoms with Crippen LogP contribution in [-0.4, -0.2) is 25.2 Å². The van der Waals surface area contributed by atoms with Gasteiger partial charge in [0.15, 0.2) is 5.76 Å². The van der Waals surface area contributed by atoms with Crippen molar-refractivity contribution in [1.82, 2.24) is 0 Å². The molecular formula is C20H19NO5. The van der Waals surface area contributed by atoms with Crippen LogP contribution in [0, 0.1) is 0 Å². The molecule has 0 bridgehead atoms. The molecule has 2 N–H and O–H groups in total. The number of aromatic hydroxyl groups is 1. The molecule has 0 saturated heterocycles. The molecule has 2 aromatic carbocycles. The van der Waals surface area contributed by atoms with E-state index in [-0.39, 0.29) is 17.4 Å². The summed E-state index contributed by atoms with van der Waals surface area (Å²) in [6, 6.07) is 15.1. The van der Waals surface area contributed by atoms with Crippen LogP contribution in [-0.2, 0) is 6.42 Å². The standard InChI is InChI=1S/C20H19NO5/c1-24-16-7-9-18(25-2)13(11-16)12-17-8-10-19(26-17)20(23)21-14-3-5-15(22)6-4-14/h3-11,22H,12H2,1-2H3,(H,21,23). The molecule has 0 saturated carbocycles. The highest BCUT2D eigenvalue weighted by Crippen LogP contribution is 2.27. The molecule has 3 rings (SSSR count). The van der Waals surface area contributed by atoms with Gasteiger partial charge in [-0.15, -0.1) is 0 Å². The Labute approximate surface area is 151 Å². The van der Waals surface area contributed by atoms with Gasteiger partial charge in [-0.2, -0.15) is 0 Å². The van der Waals surface area contributed by atoms with Crippen LogP contribution in [0.1, 0.15) is 21.9 Å². The fourth-order valence-corrected chi connectivity index (χ4v) is 2.54. The average Bonchev–Trinajstić information content (AvgIpc) is 3.12. The van der Waals surface area contributed by atoms with Crippen LogP contribution in [0.25, 0.3) is 0 Å². The highest BCUT2D eigenvalue weighted by atomic mass is 16.5. The third-order valence-electron chi connectivity index (χ3n) is 3.86. The lowest BCUT2D eigenvalue weighted by Gasteiger charge is -2.09. The van der Waals surface area contributed by atoms with E-state index < -0.39 is 0 Å². The number of phenols is 1. The predicted molar refractivity (Wildman–Crippen MR) is 97.1 cm³/mol. The second-order valence-corrected chi connectivity index (χ2v) is 5.62. The Morgan fingerprint density at radius 1 is 1.04 bits per heavy atom. The molecule has 0 unspecified atom stereocenters. The van der Waals surface area contributed by atoms with Gasteiger partial charge in [0.2, 0.25) is 0 Å². The van der Waals surface area contributed by atoms with Crippen molar-refractivity contribution in [1.29, 1.82) is 0 Å². The molecule has 3 aromatic rings. The summed E-state index contributed by atoms with van der Waals surface area (Å²) < 4.78 is 16.3. The third kappa shape index (κ3) is 3.97. The normalized spacial score (nSPS) is 10.4. The Balaban J connectivity index is 1.73. The molecule has 0 aliphatic heterocycles. The van der Waals surface area contributed by atoms with Crippen molar-refractivity contribution in [2.75, 3.05) is 19.5 Å². The quantitative estimate of drug-likeness (QED) is 0.658. The number of methoxy groups -OCH3 is 2. The molecule has 1 heterocycles. The average molecular weight is 353 g/mol. The first kappa shape index (κ1) is 17.4. The zero-order valence-electron chi connectivity index (χ0n) is 14.5. The monoisotopic (exact) mass is 353 g/mol. The van der Waals surface area contributed by atoms with Gasteiger partial charge in [0.25, 0.3) is 5.91 Å². The van der Waals surface area contributed by atoms with Crippen LogP contribution in [0.2, 0.25) is 0 Å². The van der Waals surface area contributed by atoms with Crippen LogP contribution in [0.15, 0.2) is 59.0 Å². The molecule has 0 aliphatic rings. The van der Waals surface area contributed by atoms with Gasteiger partial charge in [-0.25, -0.2) is 0 Å². The number of phenolic OH excluding ortho intramolecular Hbond substituents is 1. The molecule has 0 fully saturated rings. The minimum atomic E-state index is -0.362. The van der Waals surface area contributed by atoms with Crippen LogP contribution in [0.5, 0.6) is 17.2 Å². The lowest BCUT2D eigenvalue weighted by atomic mass is 10.1. The van der Waals surface area contributed by atoms with E-state index in [1.54, 1.807) is 38.5 Å². The van der Waals surface area contributed by atoms with Crippen molar-refractivity contribution < 1.29 is 23.8 Å². The van der Waals surface area contributed by atoms with Crippen molar-refractivity contribution in [3.63, 3.8) is 0 Å².